The van der Waals surface area contributed by atoms with Crippen LogP contribution in [-0.4, -0.2) is 36.6 Å². The van der Waals surface area contributed by atoms with Crippen LogP contribution in [0.15, 0.2) is 30.3 Å². The van der Waals surface area contributed by atoms with Gasteiger partial charge >= 0.3 is 12.0 Å². The summed E-state index contributed by atoms with van der Waals surface area (Å²) in [6.07, 6.45) is 1.93. The summed E-state index contributed by atoms with van der Waals surface area (Å²) in [7, 11) is 0. The Labute approximate surface area is 126 Å². The fourth-order valence-electron chi connectivity index (χ4n) is 1.85. The molecule has 1 N–H and O–H groups in total. The number of benzene rings is 1. The first-order valence-corrected chi connectivity index (χ1v) is 7.39. The van der Waals surface area contributed by atoms with E-state index < -0.39 is 0 Å². The second kappa shape index (κ2) is 9.80. The zero-order chi connectivity index (χ0) is 15.5. The Bertz CT molecular complexity index is 434. The molecule has 0 aliphatic rings. The Morgan fingerprint density at radius 3 is 2.52 bits per heavy atom. The Morgan fingerprint density at radius 2 is 1.90 bits per heavy atom. The van der Waals surface area contributed by atoms with E-state index in [1.165, 1.54) is 4.90 Å². The van der Waals surface area contributed by atoms with Gasteiger partial charge in [0.15, 0.2) is 0 Å². The molecular formula is C16H24N2O3. The van der Waals surface area contributed by atoms with Crippen LogP contribution in [0.3, 0.4) is 0 Å². The molecule has 0 unspecified atom stereocenters. The van der Waals surface area contributed by atoms with E-state index in [1.807, 2.05) is 30.3 Å². The molecule has 0 bridgehead atoms. The van der Waals surface area contributed by atoms with Crippen LogP contribution in [0.5, 0.6) is 0 Å². The molecule has 21 heavy (non-hydrogen) atoms. The third-order valence-electron chi connectivity index (χ3n) is 2.94. The summed E-state index contributed by atoms with van der Waals surface area (Å²) < 4.78 is 4.93. The molecular weight excluding hydrogens is 268 g/mol. The predicted molar refractivity (Wildman–Crippen MR) is 81.8 cm³/mol. The van der Waals surface area contributed by atoms with Gasteiger partial charge in [0.05, 0.1) is 6.61 Å². The number of nitrogens with zero attached hydrogens (tertiary/aromatic N) is 1. The molecule has 0 spiro atoms. The van der Waals surface area contributed by atoms with E-state index in [9.17, 15) is 9.59 Å². The lowest BCUT2D eigenvalue weighted by atomic mass is 10.2. The van der Waals surface area contributed by atoms with Crippen LogP contribution in [0.4, 0.5) is 4.79 Å². The molecule has 1 rings (SSSR count). The van der Waals surface area contributed by atoms with E-state index in [1.54, 1.807) is 6.92 Å². The topological polar surface area (TPSA) is 58.6 Å². The number of urea groups is 1. The zero-order valence-corrected chi connectivity index (χ0v) is 12.8. The third-order valence-corrected chi connectivity index (χ3v) is 2.94. The first kappa shape index (κ1) is 17.0. The molecule has 116 valence electrons. The van der Waals surface area contributed by atoms with Crippen molar-refractivity contribution < 1.29 is 14.3 Å². The van der Waals surface area contributed by atoms with Gasteiger partial charge in [-0.15, -0.1) is 0 Å². The van der Waals surface area contributed by atoms with E-state index in [2.05, 4.69) is 12.2 Å². The maximum Gasteiger partial charge on any atom is 0.325 e. The van der Waals surface area contributed by atoms with E-state index >= 15 is 0 Å². The van der Waals surface area contributed by atoms with Gasteiger partial charge in [-0.2, -0.15) is 0 Å². The molecule has 5 nitrogen and oxygen atoms in total. The fraction of sp³-hybridized carbons (Fsp3) is 0.500. The van der Waals surface area contributed by atoms with Gasteiger partial charge < -0.3 is 15.0 Å². The Balaban J connectivity index is 2.64. The molecule has 0 aliphatic carbocycles. The van der Waals surface area contributed by atoms with Crippen molar-refractivity contribution in [3.05, 3.63) is 35.9 Å². The number of nitrogens with one attached hydrogen (secondary N) is 1. The molecule has 0 saturated carbocycles. The van der Waals surface area contributed by atoms with Crippen LogP contribution >= 0.6 is 0 Å². The summed E-state index contributed by atoms with van der Waals surface area (Å²) in [6.45, 7) is 5.09. The van der Waals surface area contributed by atoms with Crippen molar-refractivity contribution in [1.29, 1.82) is 0 Å². The summed E-state index contributed by atoms with van der Waals surface area (Å²) in [6, 6.07) is 9.36. The van der Waals surface area contributed by atoms with Crippen molar-refractivity contribution in [1.82, 2.24) is 10.2 Å². The van der Waals surface area contributed by atoms with Gasteiger partial charge in [0, 0.05) is 13.1 Å². The van der Waals surface area contributed by atoms with Crippen molar-refractivity contribution in [2.75, 3.05) is 19.7 Å². The molecule has 2 amide bonds. The van der Waals surface area contributed by atoms with Crippen LogP contribution in [0.25, 0.3) is 0 Å². The number of hydrogen-bond acceptors (Lipinski definition) is 3. The summed E-state index contributed by atoms with van der Waals surface area (Å²) in [5, 5.41) is 2.83. The van der Waals surface area contributed by atoms with Gasteiger partial charge in [-0.3, -0.25) is 4.79 Å². The molecule has 1 aromatic carbocycles. The number of ether oxygens (including phenoxy) is 1. The lowest BCUT2D eigenvalue weighted by molar-refractivity contribution is -0.143. The second-order valence-corrected chi connectivity index (χ2v) is 4.73. The van der Waals surface area contributed by atoms with Crippen LogP contribution in [-0.2, 0) is 16.1 Å². The summed E-state index contributed by atoms with van der Waals surface area (Å²) in [5.74, 6) is -0.390. The molecule has 5 heteroatoms. The number of amides is 2. The largest absolute Gasteiger partial charge is 0.465 e. The van der Waals surface area contributed by atoms with Crippen molar-refractivity contribution in [3.8, 4) is 0 Å². The van der Waals surface area contributed by atoms with Crippen LogP contribution < -0.4 is 5.32 Å². The van der Waals surface area contributed by atoms with Crippen molar-refractivity contribution in [2.45, 2.75) is 33.2 Å². The van der Waals surface area contributed by atoms with Gasteiger partial charge in [0.1, 0.15) is 6.54 Å². The highest BCUT2D eigenvalue weighted by molar-refractivity contribution is 5.80. The highest BCUT2D eigenvalue weighted by Gasteiger charge is 2.17. The fourth-order valence-corrected chi connectivity index (χ4v) is 1.85. The monoisotopic (exact) mass is 292 g/mol. The summed E-state index contributed by atoms with van der Waals surface area (Å²) in [4.78, 5) is 25.3. The lowest BCUT2D eigenvalue weighted by Gasteiger charge is -2.22. The van der Waals surface area contributed by atoms with Crippen molar-refractivity contribution in [2.24, 2.45) is 0 Å². The Kier molecular flexibility index (Phi) is 7.94. The molecule has 0 aliphatic heterocycles. The van der Waals surface area contributed by atoms with Gasteiger partial charge in [-0.25, -0.2) is 4.79 Å². The Hall–Kier alpha value is -2.04. The maximum atomic E-state index is 12.2. The maximum absolute atomic E-state index is 12.2. The minimum Gasteiger partial charge on any atom is -0.465 e. The first-order valence-electron chi connectivity index (χ1n) is 7.39. The average molecular weight is 292 g/mol. The molecule has 0 aromatic heterocycles. The molecule has 1 aromatic rings. The minimum absolute atomic E-state index is 0.0410. The zero-order valence-electron chi connectivity index (χ0n) is 12.8. The number of hydrogen-bond donors (Lipinski definition) is 1. The van der Waals surface area contributed by atoms with Gasteiger partial charge in [0.2, 0.25) is 0 Å². The van der Waals surface area contributed by atoms with Gasteiger partial charge in [-0.05, 0) is 18.9 Å². The molecule has 0 saturated heterocycles. The first-order chi connectivity index (χ1) is 10.2. The second-order valence-electron chi connectivity index (χ2n) is 4.73. The van der Waals surface area contributed by atoms with E-state index in [0.29, 0.717) is 19.7 Å². The predicted octanol–water partition coefficient (Wildman–Crippen LogP) is 2.56. The van der Waals surface area contributed by atoms with E-state index in [4.69, 9.17) is 4.74 Å². The van der Waals surface area contributed by atoms with Crippen molar-refractivity contribution in [3.63, 3.8) is 0 Å². The minimum atomic E-state index is -0.390. The number of rotatable bonds is 8. The molecule has 0 atom stereocenters. The number of esters is 1. The Morgan fingerprint density at radius 1 is 1.19 bits per heavy atom. The average Bonchev–Trinajstić information content (AvgIpc) is 2.48. The van der Waals surface area contributed by atoms with E-state index in [-0.39, 0.29) is 18.5 Å². The van der Waals surface area contributed by atoms with Crippen LogP contribution in [0.1, 0.15) is 32.3 Å². The van der Waals surface area contributed by atoms with Gasteiger partial charge in [0.25, 0.3) is 0 Å². The molecule has 0 radical (unpaired) electrons. The molecule has 0 fully saturated rings. The van der Waals surface area contributed by atoms with E-state index in [0.717, 1.165) is 18.4 Å². The standard InChI is InChI=1S/C16H24N2O3/c1-3-5-11-17-16(20)18(13-15(19)21-4-2)12-14-9-7-6-8-10-14/h6-10H,3-5,11-13H2,1-2H3,(H,17,20). The number of unbranched alkanes of at least 4 members (excludes halogenated alkanes) is 1. The highest BCUT2D eigenvalue weighted by atomic mass is 16.5. The van der Waals surface area contributed by atoms with Gasteiger partial charge in [-0.1, -0.05) is 43.7 Å². The normalized spacial score (nSPS) is 10.0. The quantitative estimate of drug-likeness (QED) is 0.592. The summed E-state index contributed by atoms with van der Waals surface area (Å²) in [5.41, 5.74) is 0.979. The number of carbonyl (C=O) groups is 2. The number of carbonyl (C=O) groups excluding carboxylic acids is 2. The van der Waals surface area contributed by atoms with Crippen LogP contribution in [0.2, 0.25) is 0 Å². The van der Waals surface area contributed by atoms with Crippen molar-refractivity contribution >= 4 is 12.0 Å². The van der Waals surface area contributed by atoms with Crippen LogP contribution in [0, 0.1) is 0 Å². The third kappa shape index (κ3) is 6.79. The smallest absolute Gasteiger partial charge is 0.325 e. The SMILES string of the molecule is CCCCNC(=O)N(CC(=O)OCC)Cc1ccccc1. The summed E-state index contributed by atoms with van der Waals surface area (Å²) >= 11 is 0. The molecule has 0 heterocycles. The lowest BCUT2D eigenvalue weighted by Crippen LogP contribution is -2.43. The highest BCUT2D eigenvalue weighted by Crippen LogP contribution is 2.05.